The lowest BCUT2D eigenvalue weighted by atomic mass is 10.0. The molecule has 1 aromatic rings. The highest BCUT2D eigenvalue weighted by atomic mass is 16.5. The zero-order valence-corrected chi connectivity index (χ0v) is 11.1. The van der Waals surface area contributed by atoms with Crippen LogP contribution in [-0.4, -0.2) is 38.2 Å². The van der Waals surface area contributed by atoms with Gasteiger partial charge in [0, 0.05) is 26.7 Å². The molecule has 0 bridgehead atoms. The van der Waals surface area contributed by atoms with Gasteiger partial charge in [0.25, 0.3) is 0 Å². The summed E-state index contributed by atoms with van der Waals surface area (Å²) in [6.07, 6.45) is 0. The number of likely N-dealkylation sites (tertiary alicyclic amines) is 1. The zero-order valence-electron chi connectivity index (χ0n) is 11.1. The van der Waals surface area contributed by atoms with Gasteiger partial charge in [-0.2, -0.15) is 0 Å². The monoisotopic (exact) mass is 246 g/mol. The minimum absolute atomic E-state index is 0.708. The summed E-state index contributed by atoms with van der Waals surface area (Å²) >= 11 is 0. The van der Waals surface area contributed by atoms with Crippen molar-refractivity contribution < 1.29 is 4.74 Å². The predicted octanol–water partition coefficient (Wildman–Crippen LogP) is 1.48. The van der Waals surface area contributed by atoms with E-state index >= 15 is 0 Å². The summed E-state index contributed by atoms with van der Waals surface area (Å²) in [5, 5.41) is 3.49. The summed E-state index contributed by atoms with van der Waals surface area (Å²) in [5.41, 5.74) is 2.67. The van der Waals surface area contributed by atoms with Gasteiger partial charge in [-0.25, -0.2) is 0 Å². The Morgan fingerprint density at radius 1 is 1.11 bits per heavy atom. The van der Waals surface area contributed by atoms with Gasteiger partial charge in [-0.3, -0.25) is 4.90 Å². The van der Waals surface area contributed by atoms with Crippen LogP contribution in [0.3, 0.4) is 0 Å². The van der Waals surface area contributed by atoms with Crippen molar-refractivity contribution >= 4 is 0 Å². The van der Waals surface area contributed by atoms with E-state index in [0.29, 0.717) is 6.61 Å². The number of rotatable bonds is 4. The van der Waals surface area contributed by atoms with Crippen LogP contribution >= 0.6 is 0 Å². The first kappa shape index (κ1) is 12.2. The van der Waals surface area contributed by atoms with E-state index in [4.69, 9.17) is 4.74 Å². The highest BCUT2D eigenvalue weighted by Crippen LogP contribution is 2.27. The molecule has 2 saturated heterocycles. The van der Waals surface area contributed by atoms with Crippen molar-refractivity contribution in [2.75, 3.05) is 33.3 Å². The summed E-state index contributed by atoms with van der Waals surface area (Å²) < 4.78 is 5.13. The van der Waals surface area contributed by atoms with Gasteiger partial charge >= 0.3 is 0 Å². The van der Waals surface area contributed by atoms with Crippen molar-refractivity contribution in [3.63, 3.8) is 0 Å². The van der Waals surface area contributed by atoms with Gasteiger partial charge in [-0.05, 0) is 36.1 Å². The third kappa shape index (κ3) is 2.58. The van der Waals surface area contributed by atoms with E-state index < -0.39 is 0 Å². The van der Waals surface area contributed by atoms with Gasteiger partial charge in [0.1, 0.15) is 0 Å². The standard InChI is InChI=1S/C15H22N2O/c1-18-11-13-4-2-12(3-5-13)8-17-9-14-6-16-7-15(14)10-17/h2-5,14-16H,6-11H2,1H3/t14-,15+. The summed E-state index contributed by atoms with van der Waals surface area (Å²) in [6, 6.07) is 8.83. The second kappa shape index (κ2) is 5.39. The van der Waals surface area contributed by atoms with Gasteiger partial charge in [0.15, 0.2) is 0 Å². The molecule has 2 atom stereocenters. The third-order valence-corrected chi connectivity index (χ3v) is 4.21. The van der Waals surface area contributed by atoms with Crippen LogP contribution in [0.15, 0.2) is 24.3 Å². The number of methoxy groups -OCH3 is 1. The molecule has 0 unspecified atom stereocenters. The summed E-state index contributed by atoms with van der Waals surface area (Å²) in [5.74, 6) is 1.77. The molecule has 0 saturated carbocycles. The van der Waals surface area contributed by atoms with Crippen LogP contribution in [0.25, 0.3) is 0 Å². The highest BCUT2D eigenvalue weighted by Gasteiger charge is 2.35. The Morgan fingerprint density at radius 2 is 1.72 bits per heavy atom. The molecule has 0 aliphatic carbocycles. The minimum atomic E-state index is 0.708. The van der Waals surface area contributed by atoms with Crippen LogP contribution in [0.2, 0.25) is 0 Å². The second-order valence-electron chi connectivity index (χ2n) is 5.62. The summed E-state index contributed by atoms with van der Waals surface area (Å²) in [4.78, 5) is 2.60. The summed E-state index contributed by atoms with van der Waals surface area (Å²) in [7, 11) is 1.74. The Bertz CT molecular complexity index is 378. The molecule has 3 nitrogen and oxygen atoms in total. The van der Waals surface area contributed by atoms with E-state index in [2.05, 4.69) is 34.5 Å². The largest absolute Gasteiger partial charge is 0.380 e. The Kier molecular flexibility index (Phi) is 3.64. The van der Waals surface area contributed by atoms with E-state index in [9.17, 15) is 0 Å². The van der Waals surface area contributed by atoms with Crippen LogP contribution in [0.1, 0.15) is 11.1 Å². The molecule has 1 aromatic carbocycles. The molecule has 2 aliphatic heterocycles. The number of nitrogens with one attached hydrogen (secondary N) is 1. The van der Waals surface area contributed by atoms with Crippen molar-refractivity contribution in [3.8, 4) is 0 Å². The highest BCUT2D eigenvalue weighted by molar-refractivity contribution is 5.22. The first-order chi connectivity index (χ1) is 8.85. The summed E-state index contributed by atoms with van der Waals surface area (Å²) in [6.45, 7) is 6.76. The maximum absolute atomic E-state index is 5.13. The van der Waals surface area contributed by atoms with E-state index in [1.165, 1.54) is 37.3 Å². The molecule has 98 valence electrons. The quantitative estimate of drug-likeness (QED) is 0.871. The second-order valence-corrected chi connectivity index (χ2v) is 5.62. The molecule has 2 heterocycles. The number of benzene rings is 1. The van der Waals surface area contributed by atoms with Crippen molar-refractivity contribution in [2.24, 2.45) is 11.8 Å². The smallest absolute Gasteiger partial charge is 0.0713 e. The Balaban J connectivity index is 1.56. The van der Waals surface area contributed by atoms with Crippen molar-refractivity contribution in [1.82, 2.24) is 10.2 Å². The maximum atomic E-state index is 5.13. The fourth-order valence-electron chi connectivity index (χ4n) is 3.25. The lowest BCUT2D eigenvalue weighted by Crippen LogP contribution is -2.25. The van der Waals surface area contributed by atoms with Crippen molar-refractivity contribution in [2.45, 2.75) is 13.2 Å². The molecule has 0 aromatic heterocycles. The first-order valence-electron chi connectivity index (χ1n) is 6.85. The average Bonchev–Trinajstić information content (AvgIpc) is 2.92. The number of ether oxygens (including phenoxy) is 1. The topological polar surface area (TPSA) is 24.5 Å². The first-order valence-corrected chi connectivity index (χ1v) is 6.85. The molecular formula is C15H22N2O. The molecule has 18 heavy (non-hydrogen) atoms. The number of nitrogens with zero attached hydrogens (tertiary/aromatic N) is 1. The van der Waals surface area contributed by atoms with Gasteiger partial charge in [0.2, 0.25) is 0 Å². The zero-order chi connectivity index (χ0) is 12.4. The normalized spacial score (nSPS) is 27.6. The Labute approximate surface area is 109 Å². The van der Waals surface area contributed by atoms with Gasteiger partial charge < -0.3 is 10.1 Å². The lowest BCUT2D eigenvalue weighted by Gasteiger charge is -2.17. The van der Waals surface area contributed by atoms with E-state index in [-0.39, 0.29) is 0 Å². The van der Waals surface area contributed by atoms with Crippen LogP contribution in [0.4, 0.5) is 0 Å². The van der Waals surface area contributed by atoms with Gasteiger partial charge in [-0.1, -0.05) is 24.3 Å². The maximum Gasteiger partial charge on any atom is 0.0713 e. The van der Waals surface area contributed by atoms with E-state index in [1.807, 2.05) is 0 Å². The predicted molar refractivity (Wildman–Crippen MR) is 72.3 cm³/mol. The molecular weight excluding hydrogens is 224 g/mol. The third-order valence-electron chi connectivity index (χ3n) is 4.21. The van der Waals surface area contributed by atoms with E-state index in [1.54, 1.807) is 7.11 Å². The van der Waals surface area contributed by atoms with Gasteiger partial charge in [0.05, 0.1) is 6.61 Å². The van der Waals surface area contributed by atoms with Crippen LogP contribution in [0.5, 0.6) is 0 Å². The molecule has 0 amide bonds. The fraction of sp³-hybridized carbons (Fsp3) is 0.600. The Morgan fingerprint density at radius 3 is 2.33 bits per heavy atom. The van der Waals surface area contributed by atoms with Gasteiger partial charge in [-0.15, -0.1) is 0 Å². The van der Waals surface area contributed by atoms with Crippen LogP contribution < -0.4 is 5.32 Å². The SMILES string of the molecule is COCc1ccc(CN2C[C@H]3CNC[C@H]3C2)cc1. The molecule has 2 aliphatic rings. The molecule has 3 heteroatoms. The molecule has 3 rings (SSSR count). The van der Waals surface area contributed by atoms with Crippen molar-refractivity contribution in [1.29, 1.82) is 0 Å². The molecule has 0 spiro atoms. The van der Waals surface area contributed by atoms with Crippen LogP contribution in [0, 0.1) is 11.8 Å². The van der Waals surface area contributed by atoms with E-state index in [0.717, 1.165) is 18.4 Å². The lowest BCUT2D eigenvalue weighted by molar-refractivity contribution is 0.185. The van der Waals surface area contributed by atoms with Crippen molar-refractivity contribution in [3.05, 3.63) is 35.4 Å². The average molecular weight is 246 g/mol. The van der Waals surface area contributed by atoms with Crippen LogP contribution in [-0.2, 0) is 17.9 Å². The molecule has 0 radical (unpaired) electrons. The minimum Gasteiger partial charge on any atom is -0.380 e. The Hall–Kier alpha value is -0.900. The fourth-order valence-corrected chi connectivity index (χ4v) is 3.25. The number of fused-ring (bicyclic) bond motifs is 1. The number of hydrogen-bond donors (Lipinski definition) is 1. The number of hydrogen-bond acceptors (Lipinski definition) is 3. The molecule has 1 N–H and O–H groups in total. The molecule has 2 fully saturated rings.